The van der Waals surface area contributed by atoms with Crippen molar-refractivity contribution in [1.29, 1.82) is 0 Å². The fourth-order valence-corrected chi connectivity index (χ4v) is 5.95. The standard InChI is InChI=1S/C28H46N4/c1-2-4-8-12-16-24(15-11-7-3-1)19-20-29-27-28-30-21-22-32(28)23-26(31-27)25-17-13-9-5-6-10-14-18-25/h21-25H,1-20H2,(H,29,31). The van der Waals surface area contributed by atoms with E-state index in [9.17, 15) is 0 Å². The monoisotopic (exact) mass is 438 g/mol. The normalized spacial score (nSPS) is 21.4. The van der Waals surface area contributed by atoms with Gasteiger partial charge in [0, 0.05) is 31.1 Å². The number of fused-ring (bicyclic) bond motifs is 1. The van der Waals surface area contributed by atoms with Gasteiger partial charge in [0.25, 0.3) is 0 Å². The third kappa shape index (κ3) is 7.22. The van der Waals surface area contributed by atoms with Gasteiger partial charge in [0.15, 0.2) is 11.5 Å². The number of nitrogens with one attached hydrogen (secondary N) is 1. The van der Waals surface area contributed by atoms with Crippen molar-refractivity contribution < 1.29 is 0 Å². The Hall–Kier alpha value is -1.58. The fourth-order valence-electron chi connectivity index (χ4n) is 5.95. The van der Waals surface area contributed by atoms with Crippen molar-refractivity contribution >= 4 is 11.5 Å². The molecule has 2 aliphatic carbocycles. The van der Waals surface area contributed by atoms with E-state index in [1.54, 1.807) is 0 Å². The number of anilines is 1. The van der Waals surface area contributed by atoms with Crippen molar-refractivity contribution in [3.63, 3.8) is 0 Å². The van der Waals surface area contributed by atoms with Gasteiger partial charge < -0.3 is 9.72 Å². The molecule has 32 heavy (non-hydrogen) atoms. The van der Waals surface area contributed by atoms with E-state index in [1.165, 1.54) is 128 Å². The van der Waals surface area contributed by atoms with E-state index in [0.29, 0.717) is 5.92 Å². The van der Waals surface area contributed by atoms with Gasteiger partial charge in [-0.2, -0.15) is 0 Å². The van der Waals surface area contributed by atoms with Crippen LogP contribution in [0.1, 0.15) is 134 Å². The molecule has 2 heterocycles. The van der Waals surface area contributed by atoms with Crippen molar-refractivity contribution in [1.82, 2.24) is 14.4 Å². The highest BCUT2D eigenvalue weighted by Gasteiger charge is 2.18. The Labute approximate surface area is 196 Å². The first-order valence-electron chi connectivity index (χ1n) is 14.0. The molecule has 2 aromatic rings. The van der Waals surface area contributed by atoms with Gasteiger partial charge >= 0.3 is 0 Å². The zero-order valence-electron chi connectivity index (χ0n) is 20.4. The smallest absolute Gasteiger partial charge is 0.180 e. The van der Waals surface area contributed by atoms with E-state index in [1.807, 2.05) is 6.20 Å². The first kappa shape index (κ1) is 23.6. The lowest BCUT2D eigenvalue weighted by Crippen LogP contribution is -2.13. The maximum atomic E-state index is 5.16. The lowest BCUT2D eigenvalue weighted by molar-refractivity contribution is 0.397. The van der Waals surface area contributed by atoms with Crippen LogP contribution < -0.4 is 5.32 Å². The van der Waals surface area contributed by atoms with Crippen LogP contribution in [0.2, 0.25) is 0 Å². The molecular weight excluding hydrogens is 392 g/mol. The van der Waals surface area contributed by atoms with Crippen molar-refractivity contribution in [2.45, 2.75) is 128 Å². The van der Waals surface area contributed by atoms with Gasteiger partial charge in [0.05, 0.1) is 5.69 Å². The van der Waals surface area contributed by atoms with Gasteiger partial charge in [-0.05, 0) is 25.2 Å². The van der Waals surface area contributed by atoms with Gasteiger partial charge in [-0.1, -0.05) is 103 Å². The zero-order chi connectivity index (χ0) is 21.8. The van der Waals surface area contributed by atoms with Crippen LogP contribution >= 0.6 is 0 Å². The van der Waals surface area contributed by atoms with Crippen molar-refractivity contribution in [3.05, 3.63) is 24.3 Å². The second kappa shape index (κ2) is 13.2. The largest absolute Gasteiger partial charge is 0.367 e. The van der Waals surface area contributed by atoms with Crippen LogP contribution in [0.3, 0.4) is 0 Å². The quantitative estimate of drug-likeness (QED) is 0.510. The van der Waals surface area contributed by atoms with E-state index in [-0.39, 0.29) is 0 Å². The van der Waals surface area contributed by atoms with Crippen molar-refractivity contribution in [3.8, 4) is 0 Å². The average Bonchev–Trinajstić information content (AvgIpc) is 3.30. The molecule has 2 aromatic heterocycles. The molecule has 0 aromatic carbocycles. The molecule has 1 N–H and O–H groups in total. The van der Waals surface area contributed by atoms with Gasteiger partial charge in [-0.15, -0.1) is 0 Å². The summed E-state index contributed by atoms with van der Waals surface area (Å²) in [7, 11) is 0. The minimum atomic E-state index is 0.600. The summed E-state index contributed by atoms with van der Waals surface area (Å²) in [6.07, 6.45) is 32.7. The van der Waals surface area contributed by atoms with E-state index < -0.39 is 0 Å². The minimum Gasteiger partial charge on any atom is -0.367 e. The molecule has 0 amide bonds. The predicted octanol–water partition coefficient (Wildman–Crippen LogP) is 8.28. The Morgan fingerprint density at radius 1 is 0.750 bits per heavy atom. The molecular formula is C28H46N4. The summed E-state index contributed by atoms with van der Waals surface area (Å²) in [6.45, 7) is 1.02. The first-order chi connectivity index (χ1) is 15.9. The Morgan fingerprint density at radius 3 is 1.94 bits per heavy atom. The number of imidazole rings is 1. The molecule has 0 unspecified atom stereocenters. The molecule has 0 atom stereocenters. The molecule has 2 saturated carbocycles. The molecule has 4 heteroatoms. The van der Waals surface area contributed by atoms with Crippen molar-refractivity contribution in [2.75, 3.05) is 11.9 Å². The van der Waals surface area contributed by atoms with Gasteiger partial charge in [0.2, 0.25) is 0 Å². The first-order valence-corrected chi connectivity index (χ1v) is 14.0. The lowest BCUT2D eigenvalue weighted by Gasteiger charge is -2.19. The van der Waals surface area contributed by atoms with E-state index in [4.69, 9.17) is 4.98 Å². The molecule has 0 radical (unpaired) electrons. The van der Waals surface area contributed by atoms with Gasteiger partial charge in [0.1, 0.15) is 0 Å². The molecule has 2 fully saturated rings. The summed E-state index contributed by atoms with van der Waals surface area (Å²) in [4.78, 5) is 9.78. The molecule has 0 bridgehead atoms. The Morgan fingerprint density at radius 2 is 1.31 bits per heavy atom. The van der Waals surface area contributed by atoms with Crippen LogP contribution in [0.4, 0.5) is 5.82 Å². The zero-order valence-corrected chi connectivity index (χ0v) is 20.4. The predicted molar refractivity (Wildman–Crippen MR) is 135 cm³/mol. The van der Waals surface area contributed by atoms with Gasteiger partial charge in [-0.3, -0.25) is 0 Å². The Kier molecular flexibility index (Phi) is 9.73. The van der Waals surface area contributed by atoms with E-state index in [0.717, 1.165) is 23.9 Å². The molecule has 4 nitrogen and oxygen atoms in total. The Balaban J connectivity index is 1.38. The number of hydrogen-bond donors (Lipinski definition) is 1. The van der Waals surface area contributed by atoms with Gasteiger partial charge in [-0.25, -0.2) is 9.97 Å². The summed E-state index contributed by atoms with van der Waals surface area (Å²) in [5, 5.41) is 3.72. The molecule has 178 valence electrons. The maximum Gasteiger partial charge on any atom is 0.180 e. The summed E-state index contributed by atoms with van der Waals surface area (Å²) in [6, 6.07) is 0. The summed E-state index contributed by atoms with van der Waals surface area (Å²) >= 11 is 0. The lowest BCUT2D eigenvalue weighted by atomic mass is 9.92. The van der Waals surface area contributed by atoms with Crippen LogP contribution in [0.5, 0.6) is 0 Å². The topological polar surface area (TPSA) is 42.2 Å². The second-order valence-electron chi connectivity index (χ2n) is 10.6. The molecule has 2 aliphatic rings. The van der Waals surface area contributed by atoms with Crippen LogP contribution in [0, 0.1) is 5.92 Å². The van der Waals surface area contributed by atoms with E-state index in [2.05, 4.69) is 27.1 Å². The third-order valence-corrected chi connectivity index (χ3v) is 7.99. The van der Waals surface area contributed by atoms with Crippen LogP contribution in [-0.2, 0) is 0 Å². The molecule has 0 spiro atoms. The molecule has 0 saturated heterocycles. The number of rotatable bonds is 5. The maximum absolute atomic E-state index is 5.16. The van der Waals surface area contributed by atoms with E-state index >= 15 is 0 Å². The molecule has 4 rings (SSSR count). The second-order valence-corrected chi connectivity index (χ2v) is 10.6. The Bertz CT molecular complexity index is 761. The number of nitrogens with zero attached hydrogens (tertiary/aromatic N) is 3. The minimum absolute atomic E-state index is 0.600. The SMILES string of the molecule is c1cn2cc(C3CCCCCCCC3)nc(NCCC3CCCCCCCCCC3)c2n1. The summed E-state index contributed by atoms with van der Waals surface area (Å²) in [5.74, 6) is 2.47. The highest BCUT2D eigenvalue weighted by Crippen LogP contribution is 2.31. The van der Waals surface area contributed by atoms with Crippen LogP contribution in [0.15, 0.2) is 18.6 Å². The van der Waals surface area contributed by atoms with Crippen LogP contribution in [-0.4, -0.2) is 20.9 Å². The third-order valence-electron chi connectivity index (χ3n) is 7.99. The summed E-state index contributed by atoms with van der Waals surface area (Å²) < 4.78 is 2.20. The van der Waals surface area contributed by atoms with Crippen LogP contribution in [0.25, 0.3) is 5.65 Å². The number of aromatic nitrogens is 3. The number of hydrogen-bond acceptors (Lipinski definition) is 3. The molecule has 0 aliphatic heterocycles. The summed E-state index contributed by atoms with van der Waals surface area (Å²) in [5.41, 5.74) is 2.26. The highest BCUT2D eigenvalue weighted by molar-refractivity contribution is 5.62. The highest BCUT2D eigenvalue weighted by atomic mass is 15.1. The fraction of sp³-hybridized carbons (Fsp3) is 0.786. The average molecular weight is 439 g/mol. The van der Waals surface area contributed by atoms with Crippen molar-refractivity contribution in [2.24, 2.45) is 5.92 Å².